The largest absolute Gasteiger partial charge is 0.393 e. The van der Waals surface area contributed by atoms with Gasteiger partial charge in [0.25, 0.3) is 0 Å². The van der Waals surface area contributed by atoms with Crippen molar-refractivity contribution < 1.29 is 14.6 Å². The summed E-state index contributed by atoms with van der Waals surface area (Å²) in [4.78, 5) is 11.3. The van der Waals surface area contributed by atoms with Crippen LogP contribution < -0.4 is 5.32 Å². The maximum Gasteiger partial charge on any atom is 0.222 e. The van der Waals surface area contributed by atoms with Crippen LogP contribution in [0, 0.1) is 5.92 Å². The molecule has 0 aromatic heterocycles. The molecule has 1 atom stereocenters. The molecule has 0 saturated carbocycles. The number of carbonyl (C=O) groups excluding carboxylic acids is 1. The van der Waals surface area contributed by atoms with Gasteiger partial charge >= 0.3 is 0 Å². The van der Waals surface area contributed by atoms with E-state index in [9.17, 15) is 9.90 Å². The van der Waals surface area contributed by atoms with Gasteiger partial charge in [0, 0.05) is 13.0 Å². The number of amides is 1. The van der Waals surface area contributed by atoms with Crippen LogP contribution in [0.3, 0.4) is 0 Å². The molecule has 0 saturated heterocycles. The summed E-state index contributed by atoms with van der Waals surface area (Å²) in [6.07, 6.45) is 0.812. The van der Waals surface area contributed by atoms with Crippen molar-refractivity contribution in [1.82, 2.24) is 5.32 Å². The maximum atomic E-state index is 11.3. The highest BCUT2D eigenvalue weighted by Gasteiger charge is 2.09. The summed E-state index contributed by atoms with van der Waals surface area (Å²) in [5.41, 5.74) is 0. The molecule has 0 aromatic rings. The molecule has 0 rings (SSSR count). The third-order valence-corrected chi connectivity index (χ3v) is 2.31. The molecule has 0 heterocycles. The summed E-state index contributed by atoms with van der Waals surface area (Å²) < 4.78 is 5.27. The van der Waals surface area contributed by atoms with E-state index in [0.717, 1.165) is 0 Å². The second kappa shape index (κ2) is 8.53. The third-order valence-electron chi connectivity index (χ3n) is 2.31. The quantitative estimate of drug-likeness (QED) is 0.662. The first-order valence-corrected chi connectivity index (χ1v) is 5.99. The molecule has 0 aromatic carbocycles. The SMILES string of the molecule is CC(C)OCCC(=O)NCCC(O)C(C)C. The van der Waals surface area contributed by atoms with E-state index in [-0.39, 0.29) is 24.0 Å². The number of hydrogen-bond donors (Lipinski definition) is 2. The fraction of sp³-hybridized carbons (Fsp3) is 0.917. The fourth-order valence-electron chi connectivity index (χ4n) is 1.17. The summed E-state index contributed by atoms with van der Waals surface area (Å²) in [7, 11) is 0. The zero-order valence-electron chi connectivity index (χ0n) is 10.8. The average Bonchev–Trinajstić information content (AvgIpc) is 2.16. The smallest absolute Gasteiger partial charge is 0.222 e. The number of aliphatic hydroxyl groups is 1. The number of ether oxygens (including phenoxy) is 1. The molecule has 0 bridgehead atoms. The molecule has 1 amide bonds. The van der Waals surface area contributed by atoms with Gasteiger partial charge in [-0.2, -0.15) is 0 Å². The van der Waals surface area contributed by atoms with Gasteiger partial charge in [-0.1, -0.05) is 13.8 Å². The molecule has 0 fully saturated rings. The van der Waals surface area contributed by atoms with Crippen molar-refractivity contribution in [3.8, 4) is 0 Å². The first-order valence-electron chi connectivity index (χ1n) is 5.99. The minimum atomic E-state index is -0.341. The molecular weight excluding hydrogens is 206 g/mol. The van der Waals surface area contributed by atoms with Crippen LogP contribution in [0.25, 0.3) is 0 Å². The van der Waals surface area contributed by atoms with Gasteiger partial charge in [0.2, 0.25) is 5.91 Å². The first-order chi connectivity index (χ1) is 7.43. The van der Waals surface area contributed by atoms with Crippen LogP contribution in [-0.2, 0) is 9.53 Å². The van der Waals surface area contributed by atoms with E-state index in [0.29, 0.717) is 26.0 Å². The second-order valence-electron chi connectivity index (χ2n) is 4.62. The lowest BCUT2D eigenvalue weighted by molar-refractivity contribution is -0.122. The standard InChI is InChI=1S/C12H25NO3/c1-9(2)11(14)5-7-13-12(15)6-8-16-10(3)4/h9-11,14H,5-8H2,1-4H3,(H,13,15). The molecule has 4 nitrogen and oxygen atoms in total. The fourth-order valence-corrected chi connectivity index (χ4v) is 1.17. The van der Waals surface area contributed by atoms with Crippen molar-refractivity contribution in [3.63, 3.8) is 0 Å². The Labute approximate surface area is 98.4 Å². The Morgan fingerprint density at radius 2 is 1.94 bits per heavy atom. The normalized spacial score (nSPS) is 13.2. The molecule has 4 heteroatoms. The van der Waals surface area contributed by atoms with Gasteiger partial charge < -0.3 is 15.2 Å². The Kier molecular flexibility index (Phi) is 8.21. The number of hydrogen-bond acceptors (Lipinski definition) is 3. The van der Waals surface area contributed by atoms with Crippen LogP contribution in [0.1, 0.15) is 40.5 Å². The van der Waals surface area contributed by atoms with Crippen molar-refractivity contribution >= 4 is 5.91 Å². The van der Waals surface area contributed by atoms with Gasteiger partial charge in [0.15, 0.2) is 0 Å². The molecule has 1 unspecified atom stereocenters. The summed E-state index contributed by atoms with van der Waals surface area (Å²) in [5, 5.41) is 12.3. The lowest BCUT2D eigenvalue weighted by Crippen LogP contribution is -2.29. The molecule has 96 valence electrons. The van der Waals surface area contributed by atoms with E-state index in [1.54, 1.807) is 0 Å². The van der Waals surface area contributed by atoms with Crippen LogP contribution in [0.5, 0.6) is 0 Å². The highest BCUT2D eigenvalue weighted by Crippen LogP contribution is 2.03. The number of carbonyl (C=O) groups is 1. The maximum absolute atomic E-state index is 11.3. The number of aliphatic hydroxyl groups excluding tert-OH is 1. The minimum absolute atomic E-state index is 0.0170. The monoisotopic (exact) mass is 231 g/mol. The zero-order chi connectivity index (χ0) is 12.6. The molecule has 0 aliphatic heterocycles. The van der Waals surface area contributed by atoms with Crippen molar-refractivity contribution in [1.29, 1.82) is 0 Å². The average molecular weight is 231 g/mol. The summed E-state index contributed by atoms with van der Waals surface area (Å²) in [6, 6.07) is 0. The van der Waals surface area contributed by atoms with E-state index in [1.165, 1.54) is 0 Å². The van der Waals surface area contributed by atoms with Gasteiger partial charge in [0.05, 0.1) is 18.8 Å². The van der Waals surface area contributed by atoms with Crippen molar-refractivity contribution in [2.75, 3.05) is 13.2 Å². The Morgan fingerprint density at radius 1 is 1.31 bits per heavy atom. The third kappa shape index (κ3) is 8.68. The van der Waals surface area contributed by atoms with Crippen molar-refractivity contribution in [3.05, 3.63) is 0 Å². The number of rotatable bonds is 8. The van der Waals surface area contributed by atoms with E-state index in [4.69, 9.17) is 4.74 Å². The van der Waals surface area contributed by atoms with Crippen LogP contribution in [-0.4, -0.2) is 36.4 Å². The van der Waals surface area contributed by atoms with Gasteiger partial charge in [-0.25, -0.2) is 0 Å². The topological polar surface area (TPSA) is 58.6 Å². The molecule has 0 spiro atoms. The molecule has 0 aliphatic carbocycles. The van der Waals surface area contributed by atoms with Gasteiger partial charge in [0.1, 0.15) is 0 Å². The Morgan fingerprint density at radius 3 is 2.44 bits per heavy atom. The Hall–Kier alpha value is -0.610. The predicted octanol–water partition coefficient (Wildman–Crippen LogP) is 1.32. The van der Waals surface area contributed by atoms with Crippen LogP contribution in [0.4, 0.5) is 0 Å². The lowest BCUT2D eigenvalue weighted by atomic mass is 10.0. The van der Waals surface area contributed by atoms with Gasteiger partial charge in [-0.3, -0.25) is 4.79 Å². The Balaban J connectivity index is 3.44. The molecule has 2 N–H and O–H groups in total. The van der Waals surface area contributed by atoms with Crippen LogP contribution in [0.2, 0.25) is 0 Å². The van der Waals surface area contributed by atoms with E-state index >= 15 is 0 Å². The first kappa shape index (κ1) is 15.4. The Bertz CT molecular complexity index is 193. The summed E-state index contributed by atoms with van der Waals surface area (Å²) in [5.74, 6) is 0.220. The summed E-state index contributed by atoms with van der Waals surface area (Å²) >= 11 is 0. The van der Waals surface area contributed by atoms with E-state index < -0.39 is 0 Å². The predicted molar refractivity (Wildman–Crippen MR) is 64.2 cm³/mol. The highest BCUT2D eigenvalue weighted by atomic mass is 16.5. The van der Waals surface area contributed by atoms with E-state index in [2.05, 4.69) is 5.32 Å². The number of nitrogens with one attached hydrogen (secondary N) is 1. The molecule has 0 radical (unpaired) electrons. The summed E-state index contributed by atoms with van der Waals surface area (Å²) in [6.45, 7) is 8.79. The molecule has 16 heavy (non-hydrogen) atoms. The van der Waals surface area contributed by atoms with Crippen molar-refractivity contribution in [2.24, 2.45) is 5.92 Å². The zero-order valence-corrected chi connectivity index (χ0v) is 10.8. The van der Waals surface area contributed by atoms with Crippen LogP contribution >= 0.6 is 0 Å². The molecular formula is C12H25NO3. The van der Waals surface area contributed by atoms with Gasteiger partial charge in [-0.05, 0) is 26.2 Å². The van der Waals surface area contributed by atoms with E-state index in [1.807, 2.05) is 27.7 Å². The van der Waals surface area contributed by atoms with Crippen LogP contribution in [0.15, 0.2) is 0 Å². The van der Waals surface area contributed by atoms with Crippen molar-refractivity contribution in [2.45, 2.75) is 52.7 Å². The second-order valence-corrected chi connectivity index (χ2v) is 4.62. The highest BCUT2D eigenvalue weighted by molar-refractivity contribution is 5.75. The lowest BCUT2D eigenvalue weighted by Gasteiger charge is -2.14. The molecule has 0 aliphatic rings. The minimum Gasteiger partial charge on any atom is -0.393 e. The van der Waals surface area contributed by atoms with Gasteiger partial charge in [-0.15, -0.1) is 0 Å².